The summed E-state index contributed by atoms with van der Waals surface area (Å²) in [5.41, 5.74) is 2.72. The Kier molecular flexibility index (Phi) is 4.73. The van der Waals surface area contributed by atoms with Gasteiger partial charge in [-0.3, -0.25) is 9.59 Å². The van der Waals surface area contributed by atoms with Crippen LogP contribution in [-0.4, -0.2) is 28.7 Å². The molecule has 2 heterocycles. The molecule has 28 heavy (non-hydrogen) atoms. The van der Waals surface area contributed by atoms with Gasteiger partial charge in [0.2, 0.25) is 0 Å². The number of hydrogen-bond acceptors (Lipinski definition) is 5. The number of aromatic nitrogens is 2. The average molecular weight is 379 g/mol. The molecule has 1 aliphatic rings. The molecule has 1 amide bonds. The molecule has 3 aromatic rings. The summed E-state index contributed by atoms with van der Waals surface area (Å²) in [6.45, 7) is 5.33. The summed E-state index contributed by atoms with van der Waals surface area (Å²) in [6.07, 6.45) is 0.822. The van der Waals surface area contributed by atoms with E-state index in [1.807, 2.05) is 6.92 Å². The van der Waals surface area contributed by atoms with Crippen molar-refractivity contribution in [1.29, 1.82) is 0 Å². The Morgan fingerprint density at radius 2 is 1.93 bits per heavy atom. The van der Waals surface area contributed by atoms with Gasteiger partial charge < -0.3 is 19.4 Å². The molecule has 7 heteroatoms. The molecule has 0 spiro atoms. The standard InChI is InChI=1S/C21H21N3O4/c1-3-24-17-7-5-14(11-16(17)22-13(2)21(24)26)20(25)23-15-6-8-18-19(12-15)28-10-4-9-27-18/h5-8,11-12H,3-4,9-10H2,1-2H3,(H,23,25). The topological polar surface area (TPSA) is 82.5 Å². The van der Waals surface area contributed by atoms with Crippen LogP contribution in [0.3, 0.4) is 0 Å². The van der Waals surface area contributed by atoms with Crippen LogP contribution in [0, 0.1) is 6.92 Å². The second-order valence-corrected chi connectivity index (χ2v) is 6.62. The number of anilines is 1. The molecule has 0 radical (unpaired) electrons. The van der Waals surface area contributed by atoms with E-state index < -0.39 is 0 Å². The normalized spacial score (nSPS) is 13.2. The highest BCUT2D eigenvalue weighted by molar-refractivity contribution is 6.06. The SMILES string of the molecule is CCn1c(=O)c(C)nc2cc(C(=O)Nc3ccc4c(c3)OCCCO4)ccc21. The van der Waals surface area contributed by atoms with E-state index in [-0.39, 0.29) is 11.5 Å². The van der Waals surface area contributed by atoms with Gasteiger partial charge in [-0.25, -0.2) is 4.98 Å². The first-order chi connectivity index (χ1) is 13.6. The molecule has 0 atom stereocenters. The first kappa shape index (κ1) is 18.0. The number of aryl methyl sites for hydroxylation is 2. The smallest absolute Gasteiger partial charge is 0.272 e. The van der Waals surface area contributed by atoms with Crippen molar-refractivity contribution < 1.29 is 14.3 Å². The molecule has 0 unspecified atom stereocenters. The largest absolute Gasteiger partial charge is 0.490 e. The third kappa shape index (κ3) is 3.31. The number of benzene rings is 2. The van der Waals surface area contributed by atoms with E-state index in [1.54, 1.807) is 47.9 Å². The Morgan fingerprint density at radius 3 is 2.71 bits per heavy atom. The van der Waals surface area contributed by atoms with Crippen molar-refractivity contribution in [2.45, 2.75) is 26.8 Å². The van der Waals surface area contributed by atoms with E-state index in [0.717, 1.165) is 6.42 Å². The number of carbonyl (C=O) groups is 1. The molecule has 1 N–H and O–H groups in total. The van der Waals surface area contributed by atoms with Crippen molar-refractivity contribution in [1.82, 2.24) is 9.55 Å². The number of nitrogens with one attached hydrogen (secondary N) is 1. The number of amides is 1. The van der Waals surface area contributed by atoms with Crippen molar-refractivity contribution in [2.24, 2.45) is 0 Å². The second kappa shape index (κ2) is 7.34. The van der Waals surface area contributed by atoms with Gasteiger partial charge in [-0.2, -0.15) is 0 Å². The molecule has 0 bridgehead atoms. The number of fused-ring (bicyclic) bond motifs is 2. The Labute approximate surface area is 161 Å². The first-order valence-electron chi connectivity index (χ1n) is 9.29. The number of carbonyl (C=O) groups excluding carboxylic acids is 1. The summed E-state index contributed by atoms with van der Waals surface area (Å²) in [5, 5.41) is 2.88. The summed E-state index contributed by atoms with van der Waals surface area (Å²) in [4.78, 5) is 29.3. The Bertz CT molecular complexity index is 1120. The molecular weight excluding hydrogens is 358 g/mol. The lowest BCUT2D eigenvalue weighted by Gasteiger charge is -2.12. The maximum Gasteiger partial charge on any atom is 0.272 e. The third-order valence-corrected chi connectivity index (χ3v) is 4.69. The Hall–Kier alpha value is -3.35. The number of ether oxygens (including phenoxy) is 2. The first-order valence-corrected chi connectivity index (χ1v) is 9.29. The van der Waals surface area contributed by atoms with Gasteiger partial charge in [0.15, 0.2) is 11.5 Å². The highest BCUT2D eigenvalue weighted by atomic mass is 16.5. The minimum atomic E-state index is -0.259. The van der Waals surface area contributed by atoms with Gasteiger partial charge >= 0.3 is 0 Å². The summed E-state index contributed by atoms with van der Waals surface area (Å²) in [7, 11) is 0. The van der Waals surface area contributed by atoms with Crippen LogP contribution < -0.4 is 20.3 Å². The summed E-state index contributed by atoms with van der Waals surface area (Å²) in [6, 6.07) is 10.5. The number of hydrogen-bond donors (Lipinski definition) is 1. The highest BCUT2D eigenvalue weighted by Gasteiger charge is 2.14. The molecular formula is C21H21N3O4. The molecule has 1 aliphatic heterocycles. The van der Waals surface area contributed by atoms with Gasteiger partial charge in [-0.1, -0.05) is 0 Å². The van der Waals surface area contributed by atoms with Gasteiger partial charge in [0.1, 0.15) is 5.69 Å². The number of nitrogens with zero attached hydrogens (tertiary/aromatic N) is 2. The van der Waals surface area contributed by atoms with Crippen molar-refractivity contribution in [3.05, 3.63) is 58.0 Å². The predicted octanol–water partition coefficient (Wildman–Crippen LogP) is 3.14. The van der Waals surface area contributed by atoms with Crippen LogP contribution >= 0.6 is 0 Å². The Morgan fingerprint density at radius 1 is 1.14 bits per heavy atom. The van der Waals surface area contributed by atoms with Crippen LogP contribution in [0.4, 0.5) is 5.69 Å². The predicted molar refractivity (Wildman–Crippen MR) is 106 cm³/mol. The summed E-state index contributed by atoms with van der Waals surface area (Å²) in [5.74, 6) is 1.04. The lowest BCUT2D eigenvalue weighted by atomic mass is 10.1. The fourth-order valence-electron chi connectivity index (χ4n) is 3.27. The molecule has 2 aromatic carbocycles. The van der Waals surface area contributed by atoms with E-state index in [9.17, 15) is 9.59 Å². The maximum atomic E-state index is 12.7. The lowest BCUT2D eigenvalue weighted by Crippen LogP contribution is -2.23. The van der Waals surface area contributed by atoms with Crippen molar-refractivity contribution in [2.75, 3.05) is 18.5 Å². The monoisotopic (exact) mass is 379 g/mol. The van der Waals surface area contributed by atoms with Crippen LogP contribution in [0.2, 0.25) is 0 Å². The fraction of sp³-hybridized carbons (Fsp3) is 0.286. The zero-order chi connectivity index (χ0) is 19.7. The van der Waals surface area contributed by atoms with Crippen molar-refractivity contribution in [3.8, 4) is 11.5 Å². The van der Waals surface area contributed by atoms with Gasteiger partial charge in [0.25, 0.3) is 11.5 Å². The maximum absolute atomic E-state index is 12.7. The van der Waals surface area contributed by atoms with Crippen molar-refractivity contribution >= 4 is 22.6 Å². The van der Waals surface area contributed by atoms with Crippen LogP contribution in [0.1, 0.15) is 29.4 Å². The van der Waals surface area contributed by atoms with E-state index in [0.29, 0.717) is 59.2 Å². The molecule has 4 rings (SSSR count). The van der Waals surface area contributed by atoms with Crippen LogP contribution in [0.5, 0.6) is 11.5 Å². The van der Waals surface area contributed by atoms with Crippen molar-refractivity contribution in [3.63, 3.8) is 0 Å². The zero-order valence-electron chi connectivity index (χ0n) is 15.8. The third-order valence-electron chi connectivity index (χ3n) is 4.69. The number of rotatable bonds is 3. The van der Waals surface area contributed by atoms with Crippen LogP contribution in [0.25, 0.3) is 11.0 Å². The quantitative estimate of drug-likeness (QED) is 0.756. The van der Waals surface area contributed by atoms with Gasteiger partial charge in [0, 0.05) is 30.3 Å². The van der Waals surface area contributed by atoms with Gasteiger partial charge in [-0.15, -0.1) is 0 Å². The molecule has 0 saturated heterocycles. The lowest BCUT2D eigenvalue weighted by molar-refractivity contribution is 0.102. The molecule has 0 aliphatic carbocycles. The zero-order valence-corrected chi connectivity index (χ0v) is 15.8. The van der Waals surface area contributed by atoms with Gasteiger partial charge in [-0.05, 0) is 44.2 Å². The average Bonchev–Trinajstić information content (AvgIpc) is 2.93. The van der Waals surface area contributed by atoms with E-state index in [1.165, 1.54) is 0 Å². The minimum Gasteiger partial charge on any atom is -0.490 e. The Balaban J connectivity index is 1.63. The molecule has 144 valence electrons. The summed E-state index contributed by atoms with van der Waals surface area (Å²) < 4.78 is 12.9. The molecule has 7 nitrogen and oxygen atoms in total. The molecule has 1 aromatic heterocycles. The highest BCUT2D eigenvalue weighted by Crippen LogP contribution is 2.32. The van der Waals surface area contributed by atoms with Crippen LogP contribution in [-0.2, 0) is 6.54 Å². The summed E-state index contributed by atoms with van der Waals surface area (Å²) >= 11 is 0. The van der Waals surface area contributed by atoms with Gasteiger partial charge in [0.05, 0.1) is 24.2 Å². The second-order valence-electron chi connectivity index (χ2n) is 6.62. The van der Waals surface area contributed by atoms with E-state index in [2.05, 4.69) is 10.3 Å². The van der Waals surface area contributed by atoms with E-state index in [4.69, 9.17) is 9.47 Å². The minimum absolute atomic E-state index is 0.112. The molecule has 0 saturated carbocycles. The van der Waals surface area contributed by atoms with E-state index >= 15 is 0 Å². The van der Waals surface area contributed by atoms with Crippen LogP contribution in [0.15, 0.2) is 41.2 Å². The fourth-order valence-corrected chi connectivity index (χ4v) is 3.27. The molecule has 0 fully saturated rings.